The van der Waals surface area contributed by atoms with E-state index in [1.54, 1.807) is 44.6 Å². The van der Waals surface area contributed by atoms with E-state index >= 15 is 0 Å². The second kappa shape index (κ2) is 10.2. The first kappa shape index (κ1) is 24.2. The molecular weight excluding hydrogens is 486 g/mol. The number of amides is 1. The molecule has 1 N–H and O–H groups in total. The summed E-state index contributed by atoms with van der Waals surface area (Å²) in [5.41, 5.74) is 2.35. The van der Waals surface area contributed by atoms with Gasteiger partial charge < -0.3 is 9.47 Å². The molecule has 0 aliphatic carbocycles. The Labute approximate surface area is 207 Å². The van der Waals surface area contributed by atoms with Crippen LogP contribution < -0.4 is 19.1 Å². The highest BCUT2D eigenvalue weighted by Gasteiger charge is 2.21. The highest BCUT2D eigenvalue weighted by Crippen LogP contribution is 2.33. The van der Waals surface area contributed by atoms with Gasteiger partial charge in [-0.2, -0.15) is 0 Å². The smallest absolute Gasteiger partial charge is 0.264 e. The lowest BCUT2D eigenvalue weighted by atomic mass is 10.1. The summed E-state index contributed by atoms with van der Waals surface area (Å²) in [5.74, 6) is 0.801. The first-order chi connectivity index (χ1) is 16.8. The summed E-state index contributed by atoms with van der Waals surface area (Å²) in [6.45, 7) is 0. The molecule has 8 nitrogen and oxygen atoms in total. The van der Waals surface area contributed by atoms with E-state index in [0.717, 1.165) is 5.56 Å². The Morgan fingerprint density at radius 2 is 1.63 bits per heavy atom. The number of sulfonamides is 1. The molecule has 3 aromatic carbocycles. The molecule has 0 fully saturated rings. The van der Waals surface area contributed by atoms with Crippen LogP contribution in [0.4, 0.5) is 10.8 Å². The van der Waals surface area contributed by atoms with Gasteiger partial charge in [0, 0.05) is 23.6 Å². The Morgan fingerprint density at radius 3 is 2.29 bits per heavy atom. The monoisotopic (exact) mass is 509 g/mol. The molecule has 35 heavy (non-hydrogen) atoms. The molecule has 4 aromatic rings. The first-order valence-corrected chi connectivity index (χ1v) is 12.8. The van der Waals surface area contributed by atoms with E-state index in [9.17, 15) is 13.2 Å². The molecular formula is C25H23N3O5S2. The largest absolute Gasteiger partial charge is 0.493 e. The second-order valence-electron chi connectivity index (χ2n) is 7.39. The number of rotatable bonds is 8. The molecule has 0 unspecified atom stereocenters. The van der Waals surface area contributed by atoms with Gasteiger partial charge in [0.2, 0.25) is 0 Å². The molecule has 10 heteroatoms. The van der Waals surface area contributed by atoms with Gasteiger partial charge in [0.1, 0.15) is 0 Å². The van der Waals surface area contributed by atoms with Crippen LogP contribution in [0.5, 0.6) is 11.5 Å². The van der Waals surface area contributed by atoms with Crippen molar-refractivity contribution in [2.45, 2.75) is 4.90 Å². The molecule has 4 rings (SSSR count). The molecule has 0 spiro atoms. The number of thiazole rings is 1. The van der Waals surface area contributed by atoms with Crippen LogP contribution in [0.2, 0.25) is 0 Å². The van der Waals surface area contributed by atoms with Crippen molar-refractivity contribution in [3.05, 3.63) is 83.7 Å². The SMILES string of the molecule is COc1ccc(-c2csc(NC(=O)c3ccc(S(=O)(=O)N(C)c4ccccc4)cc3)n2)cc1OC. The fraction of sp³-hybridized carbons (Fsp3) is 0.120. The third-order valence-electron chi connectivity index (χ3n) is 5.30. The van der Waals surface area contributed by atoms with Crippen LogP contribution in [-0.4, -0.2) is 40.6 Å². The Balaban J connectivity index is 1.47. The third kappa shape index (κ3) is 5.13. The molecule has 0 radical (unpaired) electrons. The van der Waals surface area contributed by atoms with Crippen molar-refractivity contribution in [1.29, 1.82) is 0 Å². The maximum atomic E-state index is 12.9. The van der Waals surface area contributed by atoms with E-state index in [0.29, 0.717) is 33.6 Å². The summed E-state index contributed by atoms with van der Waals surface area (Å²) >= 11 is 1.28. The number of ether oxygens (including phenoxy) is 2. The first-order valence-electron chi connectivity index (χ1n) is 10.5. The summed E-state index contributed by atoms with van der Waals surface area (Å²) in [5, 5.41) is 5.00. The average molecular weight is 510 g/mol. The van der Waals surface area contributed by atoms with E-state index in [1.165, 1.54) is 47.0 Å². The van der Waals surface area contributed by atoms with Gasteiger partial charge in [0.15, 0.2) is 16.6 Å². The number of benzene rings is 3. The zero-order chi connectivity index (χ0) is 25.0. The van der Waals surface area contributed by atoms with Crippen LogP contribution >= 0.6 is 11.3 Å². The number of carbonyl (C=O) groups excluding carboxylic acids is 1. The number of anilines is 2. The van der Waals surface area contributed by atoms with Crippen LogP contribution in [0, 0.1) is 0 Å². The van der Waals surface area contributed by atoms with Crippen LogP contribution in [0.3, 0.4) is 0 Å². The Kier molecular flexibility index (Phi) is 7.04. The quantitative estimate of drug-likeness (QED) is 0.363. The molecule has 1 aromatic heterocycles. The van der Waals surface area contributed by atoms with Gasteiger partial charge in [-0.05, 0) is 54.6 Å². The van der Waals surface area contributed by atoms with Crippen molar-refractivity contribution >= 4 is 38.1 Å². The van der Waals surface area contributed by atoms with Crippen LogP contribution in [-0.2, 0) is 10.0 Å². The van der Waals surface area contributed by atoms with Crippen molar-refractivity contribution in [2.75, 3.05) is 30.9 Å². The average Bonchev–Trinajstić information content (AvgIpc) is 3.36. The van der Waals surface area contributed by atoms with Crippen molar-refractivity contribution in [3.63, 3.8) is 0 Å². The number of nitrogens with one attached hydrogen (secondary N) is 1. The fourth-order valence-corrected chi connectivity index (χ4v) is 5.25. The zero-order valence-electron chi connectivity index (χ0n) is 19.3. The standard InChI is InChI=1S/C25H23N3O5S2/c1-28(19-7-5-4-6-8-19)35(30,31)20-12-9-17(10-13-20)24(29)27-25-26-21(16-34-25)18-11-14-22(32-2)23(15-18)33-3/h4-16H,1-3H3,(H,26,27,29). The third-order valence-corrected chi connectivity index (χ3v) is 7.86. The number of aromatic nitrogens is 1. The van der Waals surface area contributed by atoms with Gasteiger partial charge >= 0.3 is 0 Å². The number of hydrogen-bond donors (Lipinski definition) is 1. The summed E-state index contributed by atoms with van der Waals surface area (Å²) in [6.07, 6.45) is 0. The van der Waals surface area contributed by atoms with Crippen molar-refractivity contribution < 1.29 is 22.7 Å². The molecule has 0 aliphatic heterocycles. The Bertz CT molecular complexity index is 1440. The fourth-order valence-electron chi connectivity index (χ4n) is 3.34. The molecule has 0 saturated carbocycles. The van der Waals surface area contributed by atoms with E-state index in [1.807, 2.05) is 23.6 Å². The predicted molar refractivity (Wildman–Crippen MR) is 137 cm³/mol. The molecule has 0 aliphatic rings. The molecule has 180 valence electrons. The Hall–Kier alpha value is -3.89. The van der Waals surface area contributed by atoms with E-state index < -0.39 is 15.9 Å². The predicted octanol–water partition coefficient (Wildman–Crippen LogP) is 4.90. The lowest BCUT2D eigenvalue weighted by molar-refractivity contribution is 0.102. The minimum absolute atomic E-state index is 0.0883. The number of para-hydroxylation sites is 1. The molecule has 0 bridgehead atoms. The lowest BCUT2D eigenvalue weighted by Gasteiger charge is -2.19. The maximum absolute atomic E-state index is 12.9. The van der Waals surface area contributed by atoms with Gasteiger partial charge in [0.05, 0.1) is 30.5 Å². The van der Waals surface area contributed by atoms with Crippen LogP contribution in [0.1, 0.15) is 10.4 Å². The highest BCUT2D eigenvalue weighted by atomic mass is 32.2. The van der Waals surface area contributed by atoms with Gasteiger partial charge in [-0.25, -0.2) is 13.4 Å². The maximum Gasteiger partial charge on any atom is 0.264 e. The zero-order valence-corrected chi connectivity index (χ0v) is 20.9. The summed E-state index contributed by atoms with van der Waals surface area (Å²) in [7, 11) is 0.857. The van der Waals surface area contributed by atoms with E-state index in [2.05, 4.69) is 10.3 Å². The number of nitrogens with zero attached hydrogens (tertiary/aromatic N) is 2. The van der Waals surface area contributed by atoms with Crippen molar-refractivity contribution in [3.8, 4) is 22.8 Å². The number of methoxy groups -OCH3 is 2. The normalized spacial score (nSPS) is 11.1. The highest BCUT2D eigenvalue weighted by molar-refractivity contribution is 7.92. The number of carbonyl (C=O) groups is 1. The minimum Gasteiger partial charge on any atom is -0.493 e. The van der Waals surface area contributed by atoms with Crippen LogP contribution in [0.15, 0.2) is 83.1 Å². The second-order valence-corrected chi connectivity index (χ2v) is 10.2. The minimum atomic E-state index is -3.76. The van der Waals surface area contributed by atoms with Gasteiger partial charge in [0.25, 0.3) is 15.9 Å². The number of hydrogen-bond acceptors (Lipinski definition) is 7. The summed E-state index contributed by atoms with van der Waals surface area (Å²) in [4.78, 5) is 17.3. The molecule has 0 saturated heterocycles. The van der Waals surface area contributed by atoms with E-state index in [-0.39, 0.29) is 4.90 Å². The lowest BCUT2D eigenvalue weighted by Crippen LogP contribution is -2.26. The van der Waals surface area contributed by atoms with Crippen molar-refractivity contribution in [1.82, 2.24) is 4.98 Å². The topological polar surface area (TPSA) is 97.8 Å². The van der Waals surface area contributed by atoms with E-state index in [4.69, 9.17) is 9.47 Å². The summed E-state index contributed by atoms with van der Waals surface area (Å²) < 4.78 is 37.7. The molecule has 0 atom stereocenters. The van der Waals surface area contributed by atoms with Gasteiger partial charge in [-0.15, -0.1) is 11.3 Å². The van der Waals surface area contributed by atoms with Gasteiger partial charge in [-0.3, -0.25) is 14.4 Å². The van der Waals surface area contributed by atoms with Crippen molar-refractivity contribution in [2.24, 2.45) is 0 Å². The van der Waals surface area contributed by atoms with Gasteiger partial charge in [-0.1, -0.05) is 18.2 Å². The molecule has 1 amide bonds. The van der Waals surface area contributed by atoms with Crippen LogP contribution in [0.25, 0.3) is 11.3 Å². The Morgan fingerprint density at radius 1 is 0.943 bits per heavy atom. The summed E-state index contributed by atoms with van der Waals surface area (Å²) in [6, 6.07) is 20.0. The molecule has 1 heterocycles.